The first kappa shape index (κ1) is 14.5. The Morgan fingerprint density at radius 2 is 1.85 bits per heavy atom. The third kappa shape index (κ3) is 3.14. The summed E-state index contributed by atoms with van der Waals surface area (Å²) in [5, 5.41) is 0. The smallest absolute Gasteiger partial charge is 0.444 e. The van der Waals surface area contributed by atoms with E-state index < -0.39 is 11.7 Å². The highest BCUT2D eigenvalue weighted by Crippen LogP contribution is 2.30. The lowest BCUT2D eigenvalue weighted by Gasteiger charge is -2.17. The molecule has 0 saturated carbocycles. The number of hydrogen-bond donors (Lipinski definition) is 0. The van der Waals surface area contributed by atoms with Gasteiger partial charge >= 0.3 is 6.11 Å². The Morgan fingerprint density at radius 3 is 2.35 bits per heavy atom. The minimum Gasteiger partial charge on any atom is -0.453 e. The highest BCUT2D eigenvalue weighted by atomic mass is 35.5. The number of halogens is 4. The van der Waals surface area contributed by atoms with E-state index in [1.807, 2.05) is 0 Å². The van der Waals surface area contributed by atoms with Gasteiger partial charge in [-0.2, -0.15) is 8.78 Å². The number of alkyl halides is 4. The summed E-state index contributed by atoms with van der Waals surface area (Å²) in [6, 6.07) is 8.32. The van der Waals surface area contributed by atoms with Gasteiger partial charge in [0.15, 0.2) is 12.0 Å². The molecule has 1 unspecified atom stereocenters. The number of rotatable bonds is 5. The zero-order chi connectivity index (χ0) is 14.8. The molecule has 0 aliphatic heterocycles. The van der Waals surface area contributed by atoms with Crippen LogP contribution in [0.25, 0.3) is 11.3 Å². The molecule has 7 heteroatoms. The summed E-state index contributed by atoms with van der Waals surface area (Å²) in [5.41, 5.74) is -2.39. The third-order valence-corrected chi connectivity index (χ3v) is 2.64. The van der Waals surface area contributed by atoms with E-state index in [0.29, 0.717) is 17.6 Å². The van der Waals surface area contributed by atoms with Crippen molar-refractivity contribution >= 4 is 17.9 Å². The van der Waals surface area contributed by atoms with E-state index in [2.05, 4.69) is 16.3 Å². The Hall–Kier alpha value is -1.95. The fraction of sp³-hybridized carbons (Fsp3) is 0.154. The van der Waals surface area contributed by atoms with Crippen molar-refractivity contribution < 1.29 is 27.1 Å². The lowest BCUT2D eigenvalue weighted by molar-refractivity contribution is -0.199. The van der Waals surface area contributed by atoms with E-state index in [1.165, 1.54) is 30.3 Å². The van der Waals surface area contributed by atoms with E-state index >= 15 is 0 Å². The van der Waals surface area contributed by atoms with Gasteiger partial charge in [-0.1, -0.05) is 11.6 Å². The number of ether oxygens (including phenoxy) is 1. The average Bonchev–Trinajstić information content (AvgIpc) is 2.88. The summed E-state index contributed by atoms with van der Waals surface area (Å²) in [5.74, 6) is 0.296. The van der Waals surface area contributed by atoms with Gasteiger partial charge in [0.25, 0.3) is 5.63 Å². The number of benzene rings is 1. The van der Waals surface area contributed by atoms with Crippen molar-refractivity contribution in [2.24, 2.45) is 0 Å². The van der Waals surface area contributed by atoms with Gasteiger partial charge in [0.1, 0.15) is 11.5 Å². The maximum Gasteiger partial charge on any atom is 0.444 e. The van der Waals surface area contributed by atoms with E-state index in [0.717, 1.165) is 0 Å². The Bertz CT molecular complexity index is 593. The number of carbonyl (C=O) groups is 1. The molecule has 1 heterocycles. The molecule has 0 spiro atoms. The van der Waals surface area contributed by atoms with Crippen LogP contribution >= 0.6 is 11.6 Å². The van der Waals surface area contributed by atoms with Crippen LogP contribution in [0.5, 0.6) is 5.75 Å². The highest BCUT2D eigenvalue weighted by molar-refractivity contribution is 6.20. The van der Waals surface area contributed by atoms with E-state index in [-0.39, 0.29) is 11.5 Å². The Labute approximate surface area is 116 Å². The highest BCUT2D eigenvalue weighted by Gasteiger charge is 2.42. The van der Waals surface area contributed by atoms with Crippen molar-refractivity contribution in [3.63, 3.8) is 0 Å². The van der Waals surface area contributed by atoms with Crippen LogP contribution in [-0.4, -0.2) is 18.0 Å². The summed E-state index contributed by atoms with van der Waals surface area (Å²) in [6.45, 7) is 0. The molecule has 0 saturated heterocycles. The fourth-order valence-corrected chi connectivity index (χ4v) is 1.50. The molecule has 0 amide bonds. The van der Waals surface area contributed by atoms with Gasteiger partial charge in [-0.05, 0) is 36.4 Å². The van der Waals surface area contributed by atoms with Gasteiger partial charge in [-0.3, -0.25) is 4.79 Å². The number of hydrogen-bond acceptors (Lipinski definition) is 3. The van der Waals surface area contributed by atoms with Crippen molar-refractivity contribution in [2.75, 3.05) is 0 Å². The predicted octanol–water partition coefficient (Wildman–Crippen LogP) is 4.27. The molecular weight excluding hydrogens is 297 g/mol. The molecule has 2 aromatic rings. The van der Waals surface area contributed by atoms with Gasteiger partial charge in [0, 0.05) is 5.56 Å². The molecule has 2 rings (SSSR count). The zero-order valence-corrected chi connectivity index (χ0v) is 10.6. The zero-order valence-electron chi connectivity index (χ0n) is 9.86. The van der Waals surface area contributed by atoms with Crippen LogP contribution in [-0.2, 0) is 0 Å². The molecule has 0 aliphatic rings. The second-order valence-corrected chi connectivity index (χ2v) is 4.19. The van der Waals surface area contributed by atoms with Crippen LogP contribution in [0.3, 0.4) is 0 Å². The standard InChI is InChI=1S/C13H8ClF3O3/c14-12(15)13(16,17)20-9-3-1-8(2-4-9)11-6-5-10(7-18)19-11/h1-7,12H. The quantitative estimate of drug-likeness (QED) is 0.612. The molecule has 3 nitrogen and oxygen atoms in total. The lowest BCUT2D eigenvalue weighted by atomic mass is 10.2. The van der Waals surface area contributed by atoms with Crippen LogP contribution < -0.4 is 4.74 Å². The first-order valence-electron chi connectivity index (χ1n) is 5.43. The summed E-state index contributed by atoms with van der Waals surface area (Å²) in [4.78, 5) is 10.5. The van der Waals surface area contributed by atoms with Crippen molar-refractivity contribution in [1.29, 1.82) is 0 Å². The molecule has 106 valence electrons. The summed E-state index contributed by atoms with van der Waals surface area (Å²) >= 11 is 4.68. The van der Waals surface area contributed by atoms with Crippen molar-refractivity contribution in [1.82, 2.24) is 0 Å². The van der Waals surface area contributed by atoms with Crippen molar-refractivity contribution in [3.8, 4) is 17.1 Å². The van der Waals surface area contributed by atoms with Crippen LogP contribution in [0.2, 0.25) is 0 Å². The maximum atomic E-state index is 12.9. The summed E-state index contributed by atoms with van der Waals surface area (Å²) in [6.07, 6.45) is -3.57. The minimum absolute atomic E-state index is 0.147. The molecule has 1 atom stereocenters. The Morgan fingerprint density at radius 1 is 1.20 bits per heavy atom. The van der Waals surface area contributed by atoms with Crippen molar-refractivity contribution in [2.45, 2.75) is 11.7 Å². The SMILES string of the molecule is O=Cc1ccc(-c2ccc(OC(F)(F)C(F)Cl)cc2)o1. The predicted molar refractivity (Wildman–Crippen MR) is 65.9 cm³/mol. The van der Waals surface area contributed by atoms with Crippen LogP contribution in [0.15, 0.2) is 40.8 Å². The van der Waals surface area contributed by atoms with Crippen molar-refractivity contribution in [3.05, 3.63) is 42.2 Å². The van der Waals surface area contributed by atoms with Crippen LogP contribution in [0, 0.1) is 0 Å². The number of aldehydes is 1. The molecule has 1 aromatic carbocycles. The normalized spacial score (nSPS) is 13.0. The third-order valence-electron chi connectivity index (χ3n) is 2.39. The second kappa shape index (κ2) is 5.58. The first-order chi connectivity index (χ1) is 9.42. The minimum atomic E-state index is -4.11. The number of carbonyl (C=O) groups excluding carboxylic acids is 1. The molecule has 1 aromatic heterocycles. The van der Waals surface area contributed by atoms with Gasteiger partial charge in [-0.25, -0.2) is 4.39 Å². The molecule has 0 radical (unpaired) electrons. The largest absolute Gasteiger partial charge is 0.453 e. The fourth-order valence-electron chi connectivity index (χ4n) is 1.46. The number of furan rings is 1. The topological polar surface area (TPSA) is 39.4 Å². The maximum absolute atomic E-state index is 12.9. The molecule has 0 fully saturated rings. The van der Waals surface area contributed by atoms with Gasteiger partial charge in [0.2, 0.25) is 0 Å². The summed E-state index contributed by atoms with van der Waals surface area (Å²) < 4.78 is 47.5. The molecular formula is C13H8ClF3O3. The molecule has 20 heavy (non-hydrogen) atoms. The van der Waals surface area contributed by atoms with Crippen LogP contribution in [0.1, 0.15) is 10.6 Å². The Balaban J connectivity index is 2.16. The van der Waals surface area contributed by atoms with E-state index in [9.17, 15) is 18.0 Å². The van der Waals surface area contributed by atoms with E-state index in [4.69, 9.17) is 4.42 Å². The Kier molecular flexibility index (Phi) is 4.04. The monoisotopic (exact) mass is 304 g/mol. The van der Waals surface area contributed by atoms with Gasteiger partial charge in [-0.15, -0.1) is 0 Å². The molecule has 0 bridgehead atoms. The first-order valence-corrected chi connectivity index (χ1v) is 5.86. The van der Waals surface area contributed by atoms with Crippen LogP contribution in [0.4, 0.5) is 13.2 Å². The lowest BCUT2D eigenvalue weighted by Crippen LogP contribution is -2.32. The van der Waals surface area contributed by atoms with E-state index in [1.54, 1.807) is 6.07 Å². The molecule has 0 N–H and O–H groups in total. The van der Waals surface area contributed by atoms with Gasteiger partial charge < -0.3 is 9.15 Å². The van der Waals surface area contributed by atoms with Gasteiger partial charge in [0.05, 0.1) is 0 Å². The second-order valence-electron chi connectivity index (χ2n) is 3.81. The summed E-state index contributed by atoms with van der Waals surface area (Å²) in [7, 11) is 0. The molecule has 0 aliphatic carbocycles. The average molecular weight is 305 g/mol.